The molecule has 2 atom stereocenters. The molecule has 14 heteroatoms. The van der Waals surface area contributed by atoms with Crippen molar-refractivity contribution in [2.24, 2.45) is 5.41 Å². The van der Waals surface area contributed by atoms with Gasteiger partial charge in [0.15, 0.2) is 0 Å². The highest BCUT2D eigenvalue weighted by atomic mass is 79.9. The number of carbonyl (C=O) groups is 1. The van der Waals surface area contributed by atoms with E-state index in [9.17, 15) is 27.2 Å². The van der Waals surface area contributed by atoms with Gasteiger partial charge in [0.2, 0.25) is 5.91 Å². The van der Waals surface area contributed by atoms with Crippen molar-refractivity contribution in [1.29, 1.82) is 0 Å². The molecule has 1 spiro atoms. The van der Waals surface area contributed by atoms with Crippen LogP contribution in [0.3, 0.4) is 0 Å². The van der Waals surface area contributed by atoms with E-state index in [1.807, 2.05) is 0 Å². The van der Waals surface area contributed by atoms with Crippen LogP contribution in [0.1, 0.15) is 12.5 Å². The van der Waals surface area contributed by atoms with Gasteiger partial charge in [0.1, 0.15) is 17.5 Å². The number of amides is 1. The summed E-state index contributed by atoms with van der Waals surface area (Å²) in [5.41, 5.74) is -3.12. The maximum absolute atomic E-state index is 15.4. The number of aromatic nitrogens is 2. The smallest absolute Gasteiger partial charge is 0.380 e. The molecule has 0 N–H and O–H groups in total. The van der Waals surface area contributed by atoms with Crippen molar-refractivity contribution >= 4 is 50.3 Å². The monoisotopic (exact) mass is 696 g/mol. The van der Waals surface area contributed by atoms with Gasteiger partial charge in [-0.25, -0.2) is 13.6 Å². The van der Waals surface area contributed by atoms with Gasteiger partial charge in [0, 0.05) is 64.3 Å². The predicted octanol–water partition coefficient (Wildman–Crippen LogP) is 6.02. The summed E-state index contributed by atoms with van der Waals surface area (Å²) in [5.74, 6) is -2.15. The van der Waals surface area contributed by atoms with Gasteiger partial charge in [-0.2, -0.15) is 18.2 Å². The summed E-state index contributed by atoms with van der Waals surface area (Å²) < 4.78 is 81.1. The molecule has 7 nitrogen and oxygen atoms in total. The van der Waals surface area contributed by atoms with E-state index in [1.54, 1.807) is 22.8 Å². The molecule has 3 aromatic rings. The molecule has 2 fully saturated rings. The van der Waals surface area contributed by atoms with Gasteiger partial charge in [0.05, 0.1) is 34.8 Å². The number of ether oxygens (including phenoxy) is 1. The number of halogens is 6. The van der Waals surface area contributed by atoms with Crippen molar-refractivity contribution in [3.63, 3.8) is 0 Å². The summed E-state index contributed by atoms with van der Waals surface area (Å²) in [6.07, 6.45) is -2.23. The normalized spacial score (nSPS) is 21.2. The zero-order valence-corrected chi connectivity index (χ0v) is 25.8. The number of benzene rings is 2. The minimum atomic E-state index is -4.96. The third-order valence-electron chi connectivity index (χ3n) is 8.39. The van der Waals surface area contributed by atoms with Crippen molar-refractivity contribution in [2.75, 3.05) is 37.0 Å². The van der Waals surface area contributed by atoms with Crippen molar-refractivity contribution in [3.8, 4) is 11.1 Å². The number of alkyl halides is 3. The average Bonchev–Trinajstić information content (AvgIpc) is 3.15. The van der Waals surface area contributed by atoms with Gasteiger partial charge < -0.3 is 14.5 Å². The highest BCUT2D eigenvalue weighted by molar-refractivity contribution is 9.10. The summed E-state index contributed by atoms with van der Waals surface area (Å²) in [6.45, 7) is 10.2. The Morgan fingerprint density at radius 2 is 1.91 bits per heavy atom. The van der Waals surface area contributed by atoms with Crippen LogP contribution in [-0.2, 0) is 22.3 Å². The lowest BCUT2D eigenvalue weighted by Crippen LogP contribution is -2.58. The maximum atomic E-state index is 15.4. The van der Waals surface area contributed by atoms with E-state index in [-0.39, 0.29) is 51.6 Å². The Morgan fingerprint density at radius 3 is 2.52 bits per heavy atom. The second-order valence-corrected chi connectivity index (χ2v) is 13.2. The fourth-order valence-corrected chi connectivity index (χ4v) is 7.92. The third kappa shape index (κ3) is 4.94. The summed E-state index contributed by atoms with van der Waals surface area (Å²) in [4.78, 5) is 34.0. The largest absolute Gasteiger partial charge is 0.417 e. The quantitative estimate of drug-likeness (QED) is 0.144. The van der Waals surface area contributed by atoms with Crippen LogP contribution in [0.15, 0.2) is 57.7 Å². The molecule has 1 aromatic heterocycles. The zero-order valence-electron chi connectivity index (χ0n) is 23.4. The molecule has 232 valence electrons. The molecule has 44 heavy (non-hydrogen) atoms. The number of piperazine rings is 1. The zero-order chi connectivity index (χ0) is 31.7. The van der Waals surface area contributed by atoms with Crippen LogP contribution in [0, 0.1) is 17.0 Å². The van der Waals surface area contributed by atoms with Gasteiger partial charge in [-0.1, -0.05) is 12.7 Å². The van der Waals surface area contributed by atoms with E-state index in [2.05, 4.69) is 34.1 Å². The lowest BCUT2D eigenvalue weighted by atomic mass is 9.88. The van der Waals surface area contributed by atoms with Gasteiger partial charge in [-0.05, 0) is 41.1 Å². The minimum absolute atomic E-state index is 0.0202. The average molecular weight is 698 g/mol. The summed E-state index contributed by atoms with van der Waals surface area (Å²) >= 11 is 4.08. The van der Waals surface area contributed by atoms with Crippen LogP contribution in [0.2, 0.25) is 0 Å². The molecule has 1 amide bonds. The first-order valence-electron chi connectivity index (χ1n) is 13.6. The Labute approximate surface area is 261 Å². The number of hydrogen-bond donors (Lipinski definition) is 0. The second kappa shape index (κ2) is 11.0. The topological polar surface area (TPSA) is 67.7 Å². The number of rotatable bonds is 4. The van der Waals surface area contributed by atoms with Gasteiger partial charge in [0.25, 0.3) is 0 Å². The molecule has 4 heterocycles. The van der Waals surface area contributed by atoms with E-state index in [1.165, 1.54) is 10.6 Å². The third-order valence-corrected chi connectivity index (χ3v) is 10.4. The lowest BCUT2D eigenvalue weighted by Gasteiger charge is -2.45. The number of anilines is 1. The van der Waals surface area contributed by atoms with Crippen molar-refractivity contribution in [2.45, 2.75) is 36.6 Å². The number of nitrogens with zero attached hydrogens (tertiary/aromatic N) is 4. The van der Waals surface area contributed by atoms with E-state index in [0.717, 1.165) is 23.9 Å². The standard InChI is InChI=1S/C30H26BrF5N4O3S/c1-4-16-10-38(15(3)9-39(16)23(41)5-2)27-18-6-19(30(34,35)36)24(17-7-20(31)22(33)8-21(17)32)26-25(18)40(28(42)37-27)11-29(14-44-26)12-43-13-29/h4-8,15-16H,1-2,9-14H2,3H3/t15-,16+/m0/s1. The number of thioether (sulfide) groups is 1. The Balaban J connectivity index is 1.68. The first-order chi connectivity index (χ1) is 20.8. The fraction of sp³-hybridized carbons (Fsp3) is 0.367. The van der Waals surface area contributed by atoms with Crippen LogP contribution in [0.5, 0.6) is 0 Å². The molecule has 0 bridgehead atoms. The highest BCUT2D eigenvalue weighted by Gasteiger charge is 2.45. The molecular formula is C30H26BrF5N4O3S. The predicted molar refractivity (Wildman–Crippen MR) is 161 cm³/mol. The Kier molecular flexibility index (Phi) is 7.68. The van der Waals surface area contributed by atoms with Crippen LogP contribution >= 0.6 is 27.7 Å². The van der Waals surface area contributed by atoms with E-state index >= 15 is 4.39 Å². The SMILES string of the molecule is C=CC(=O)N1C[C@H](C)N(c2nc(=O)n3c4c(c(-c5cc(Br)c(F)cc5F)c(C(F)(F)F)cc24)SCC2(COC2)C3)C[C@H]1C=C. The molecule has 0 radical (unpaired) electrons. The molecule has 0 unspecified atom stereocenters. The molecule has 0 saturated carbocycles. The highest BCUT2D eigenvalue weighted by Crippen LogP contribution is 2.51. The van der Waals surface area contributed by atoms with Crippen molar-refractivity contribution in [1.82, 2.24) is 14.5 Å². The Hall–Kier alpha value is -3.23. The molecule has 0 aliphatic carbocycles. The Bertz CT molecular complexity index is 1790. The lowest BCUT2D eigenvalue weighted by molar-refractivity contribution is -0.137. The Morgan fingerprint density at radius 1 is 1.18 bits per heavy atom. The molecular weight excluding hydrogens is 671 g/mol. The minimum Gasteiger partial charge on any atom is -0.380 e. The van der Waals surface area contributed by atoms with E-state index in [4.69, 9.17) is 4.74 Å². The van der Waals surface area contributed by atoms with Crippen molar-refractivity contribution in [3.05, 3.63) is 75.7 Å². The maximum Gasteiger partial charge on any atom is 0.417 e. The second-order valence-electron chi connectivity index (χ2n) is 11.4. The number of hydrogen-bond acceptors (Lipinski definition) is 6. The fourth-order valence-electron chi connectivity index (χ4n) is 6.14. The van der Waals surface area contributed by atoms with Crippen LogP contribution in [0.25, 0.3) is 22.0 Å². The first-order valence-corrected chi connectivity index (χ1v) is 15.4. The summed E-state index contributed by atoms with van der Waals surface area (Å²) in [6, 6.07) is 1.43. The molecule has 6 rings (SSSR count). The molecule has 3 aliphatic rings. The van der Waals surface area contributed by atoms with Gasteiger partial charge >= 0.3 is 11.9 Å². The van der Waals surface area contributed by atoms with Gasteiger partial charge in [-0.15, -0.1) is 18.3 Å². The van der Waals surface area contributed by atoms with Crippen molar-refractivity contribution < 1.29 is 31.5 Å². The van der Waals surface area contributed by atoms with Crippen LogP contribution in [-0.4, -0.2) is 64.5 Å². The summed E-state index contributed by atoms with van der Waals surface area (Å²) in [5, 5.41) is 0.0558. The van der Waals surface area contributed by atoms with Gasteiger partial charge in [-0.3, -0.25) is 9.36 Å². The molecule has 2 saturated heterocycles. The molecule has 2 aromatic carbocycles. The van der Waals surface area contributed by atoms with Crippen LogP contribution in [0.4, 0.5) is 27.8 Å². The number of carbonyl (C=O) groups excluding carboxylic acids is 1. The van der Waals surface area contributed by atoms with E-state index in [0.29, 0.717) is 25.0 Å². The van der Waals surface area contributed by atoms with Crippen LogP contribution < -0.4 is 10.6 Å². The first kappa shape index (κ1) is 30.8. The molecule has 3 aliphatic heterocycles. The van der Waals surface area contributed by atoms with E-state index < -0.39 is 57.7 Å². The summed E-state index contributed by atoms with van der Waals surface area (Å²) in [7, 11) is 0.